The highest BCUT2D eigenvalue weighted by Gasteiger charge is 2.16. The van der Waals surface area contributed by atoms with Crippen molar-refractivity contribution in [3.63, 3.8) is 0 Å². The minimum Gasteiger partial charge on any atom is -0.462 e. The summed E-state index contributed by atoms with van der Waals surface area (Å²) in [6.07, 6.45) is 60.9. The minimum atomic E-state index is -0.762. The quantitative estimate of drug-likeness (QED) is 0.0488. The molecule has 0 amide bonds. The number of aliphatic hydroxyl groups is 1. The zero-order valence-electron chi connectivity index (χ0n) is 40.3. The van der Waals surface area contributed by atoms with Gasteiger partial charge in [0.1, 0.15) is 6.61 Å². The zero-order valence-corrected chi connectivity index (χ0v) is 40.3. The maximum atomic E-state index is 12.3. The number of esters is 2. The van der Waals surface area contributed by atoms with Crippen LogP contribution in [0.25, 0.3) is 0 Å². The summed E-state index contributed by atoms with van der Waals surface area (Å²) in [5, 5.41) is 9.60. The Morgan fingerprint density at radius 1 is 0.322 bits per heavy atom. The maximum Gasteiger partial charge on any atom is 0.306 e. The Labute approximate surface area is 369 Å². The van der Waals surface area contributed by atoms with Gasteiger partial charge in [0.15, 0.2) is 6.10 Å². The van der Waals surface area contributed by atoms with Gasteiger partial charge in [0, 0.05) is 12.8 Å². The van der Waals surface area contributed by atoms with Crippen LogP contribution in [-0.2, 0) is 19.1 Å². The van der Waals surface area contributed by atoms with Crippen molar-refractivity contribution >= 4 is 11.9 Å². The van der Waals surface area contributed by atoms with Crippen LogP contribution in [0.1, 0.15) is 316 Å². The van der Waals surface area contributed by atoms with Crippen LogP contribution in [0.2, 0.25) is 0 Å². The lowest BCUT2D eigenvalue weighted by molar-refractivity contribution is -0.161. The third kappa shape index (κ3) is 49.4. The number of hydrogen-bond acceptors (Lipinski definition) is 5. The lowest BCUT2D eigenvalue weighted by Crippen LogP contribution is -2.28. The monoisotopic (exact) mass is 835 g/mol. The Morgan fingerprint density at radius 3 is 0.746 bits per heavy atom. The first kappa shape index (κ1) is 57.9. The second-order valence-electron chi connectivity index (χ2n) is 18.7. The largest absolute Gasteiger partial charge is 0.462 e. The Bertz CT molecular complexity index is 815. The molecule has 0 aliphatic carbocycles. The fourth-order valence-corrected chi connectivity index (χ4v) is 8.56. The van der Waals surface area contributed by atoms with Crippen LogP contribution in [0, 0.1) is 0 Å². The van der Waals surface area contributed by atoms with Gasteiger partial charge >= 0.3 is 11.9 Å². The molecule has 0 saturated carbocycles. The Morgan fingerprint density at radius 2 is 0.525 bits per heavy atom. The van der Waals surface area contributed by atoms with E-state index in [1.165, 1.54) is 257 Å². The average molecular weight is 835 g/mol. The molecule has 1 N–H and O–H groups in total. The number of aliphatic hydroxyl groups excluding tert-OH is 1. The van der Waals surface area contributed by atoms with Crippen LogP contribution in [0.3, 0.4) is 0 Å². The standard InChI is InChI=1S/C54H106O5/c1-3-5-7-9-11-13-15-17-18-19-20-21-22-23-24-25-26-27-28-29-30-31-32-33-34-35-36-37-39-41-43-45-47-49-54(57)59-52(50-55)51-58-53(56)48-46-44-42-40-38-16-14-12-10-8-6-4-2/h52,55H,3-51H2,1-2H3. The van der Waals surface area contributed by atoms with E-state index in [4.69, 9.17) is 9.47 Å². The number of hydrogen-bond donors (Lipinski definition) is 1. The van der Waals surface area contributed by atoms with E-state index in [2.05, 4.69) is 13.8 Å². The average Bonchev–Trinajstić information content (AvgIpc) is 3.24. The van der Waals surface area contributed by atoms with Gasteiger partial charge in [0.05, 0.1) is 6.61 Å². The van der Waals surface area contributed by atoms with Gasteiger partial charge in [-0.1, -0.05) is 290 Å². The summed E-state index contributed by atoms with van der Waals surface area (Å²) in [5.41, 5.74) is 0. The molecule has 5 nitrogen and oxygen atoms in total. The molecule has 0 fully saturated rings. The minimum absolute atomic E-state index is 0.0565. The van der Waals surface area contributed by atoms with Crippen LogP contribution >= 0.6 is 0 Å². The molecule has 0 heterocycles. The Kier molecular flexibility index (Phi) is 50.3. The van der Waals surface area contributed by atoms with E-state index in [0.717, 1.165) is 32.1 Å². The van der Waals surface area contributed by atoms with Crippen molar-refractivity contribution in [3.05, 3.63) is 0 Å². The molecule has 0 saturated heterocycles. The van der Waals surface area contributed by atoms with Gasteiger partial charge < -0.3 is 14.6 Å². The van der Waals surface area contributed by atoms with E-state index in [1.54, 1.807) is 0 Å². The van der Waals surface area contributed by atoms with Crippen LogP contribution < -0.4 is 0 Å². The SMILES string of the molecule is CCCCCCCCCCCCCCCCCCCCCCCCCCCCCCCCCCCC(=O)OC(CO)COC(=O)CCCCCCCCCCCCCC. The molecule has 1 atom stereocenters. The molecule has 0 aromatic rings. The molecule has 0 aliphatic heterocycles. The summed E-state index contributed by atoms with van der Waals surface area (Å²) in [4.78, 5) is 24.4. The van der Waals surface area contributed by atoms with Gasteiger partial charge in [0.2, 0.25) is 0 Å². The van der Waals surface area contributed by atoms with E-state index < -0.39 is 6.10 Å². The lowest BCUT2D eigenvalue weighted by Gasteiger charge is -2.15. The zero-order chi connectivity index (χ0) is 42.8. The molecule has 59 heavy (non-hydrogen) atoms. The van der Waals surface area contributed by atoms with Crippen molar-refractivity contribution in [2.75, 3.05) is 13.2 Å². The predicted molar refractivity (Wildman–Crippen MR) is 256 cm³/mol. The maximum absolute atomic E-state index is 12.3. The normalized spacial score (nSPS) is 12.0. The number of carbonyl (C=O) groups is 2. The number of unbranched alkanes of at least 4 members (excludes halogenated alkanes) is 43. The number of rotatable bonds is 51. The lowest BCUT2D eigenvalue weighted by atomic mass is 10.0. The van der Waals surface area contributed by atoms with Gasteiger partial charge in [-0.25, -0.2) is 0 Å². The number of carbonyl (C=O) groups excluding carboxylic acids is 2. The van der Waals surface area contributed by atoms with Gasteiger partial charge in [-0.2, -0.15) is 0 Å². The summed E-state index contributed by atoms with van der Waals surface area (Å²) < 4.78 is 10.7. The molecule has 352 valence electrons. The molecule has 0 spiro atoms. The Hall–Kier alpha value is -1.10. The second kappa shape index (κ2) is 51.3. The van der Waals surface area contributed by atoms with Crippen molar-refractivity contribution in [3.8, 4) is 0 Å². The molecule has 5 heteroatoms. The third-order valence-electron chi connectivity index (χ3n) is 12.7. The topological polar surface area (TPSA) is 72.8 Å². The fourth-order valence-electron chi connectivity index (χ4n) is 8.56. The highest BCUT2D eigenvalue weighted by Crippen LogP contribution is 2.18. The van der Waals surface area contributed by atoms with E-state index in [0.29, 0.717) is 12.8 Å². The highest BCUT2D eigenvalue weighted by molar-refractivity contribution is 5.70. The fraction of sp³-hybridized carbons (Fsp3) is 0.963. The summed E-state index contributed by atoms with van der Waals surface area (Å²) in [6, 6.07) is 0. The molecule has 0 aromatic carbocycles. The van der Waals surface area contributed by atoms with Gasteiger partial charge in [-0.05, 0) is 12.8 Å². The van der Waals surface area contributed by atoms with E-state index in [-0.39, 0.29) is 25.2 Å². The van der Waals surface area contributed by atoms with Crippen molar-refractivity contribution in [2.45, 2.75) is 322 Å². The smallest absolute Gasteiger partial charge is 0.306 e. The first-order chi connectivity index (χ1) is 29.1. The molecule has 0 aliphatic rings. The van der Waals surface area contributed by atoms with Crippen molar-refractivity contribution in [1.29, 1.82) is 0 Å². The van der Waals surface area contributed by atoms with Gasteiger partial charge in [-0.15, -0.1) is 0 Å². The Balaban J connectivity index is 3.34. The number of ether oxygens (including phenoxy) is 2. The van der Waals surface area contributed by atoms with E-state index in [1.807, 2.05) is 0 Å². The van der Waals surface area contributed by atoms with E-state index >= 15 is 0 Å². The first-order valence-corrected chi connectivity index (χ1v) is 27.1. The summed E-state index contributed by atoms with van der Waals surface area (Å²) in [6.45, 7) is 4.18. The molecular formula is C54H106O5. The van der Waals surface area contributed by atoms with Crippen molar-refractivity contribution < 1.29 is 24.2 Å². The third-order valence-corrected chi connectivity index (χ3v) is 12.7. The molecule has 0 bridgehead atoms. The van der Waals surface area contributed by atoms with Crippen molar-refractivity contribution in [1.82, 2.24) is 0 Å². The summed E-state index contributed by atoms with van der Waals surface area (Å²) >= 11 is 0. The van der Waals surface area contributed by atoms with Crippen LogP contribution in [-0.4, -0.2) is 36.4 Å². The second-order valence-corrected chi connectivity index (χ2v) is 18.7. The van der Waals surface area contributed by atoms with Gasteiger partial charge in [0.25, 0.3) is 0 Å². The van der Waals surface area contributed by atoms with Crippen LogP contribution in [0.4, 0.5) is 0 Å². The summed E-state index contributed by atoms with van der Waals surface area (Å²) in [5.74, 6) is -0.570. The van der Waals surface area contributed by atoms with Crippen LogP contribution in [0.5, 0.6) is 0 Å². The molecule has 0 radical (unpaired) electrons. The summed E-state index contributed by atoms with van der Waals surface area (Å²) in [7, 11) is 0. The van der Waals surface area contributed by atoms with Crippen LogP contribution in [0.15, 0.2) is 0 Å². The molecule has 0 rings (SSSR count). The molecule has 0 aromatic heterocycles. The van der Waals surface area contributed by atoms with Gasteiger partial charge in [-0.3, -0.25) is 9.59 Å². The van der Waals surface area contributed by atoms with Crippen molar-refractivity contribution in [2.24, 2.45) is 0 Å². The highest BCUT2D eigenvalue weighted by atomic mass is 16.6. The first-order valence-electron chi connectivity index (χ1n) is 27.1. The molecular weight excluding hydrogens is 729 g/mol. The predicted octanol–water partition coefficient (Wildman–Crippen LogP) is 17.8. The van der Waals surface area contributed by atoms with E-state index in [9.17, 15) is 14.7 Å². The molecule has 1 unspecified atom stereocenters.